The summed E-state index contributed by atoms with van der Waals surface area (Å²) in [7, 11) is 0. The van der Waals surface area contributed by atoms with Crippen molar-refractivity contribution >= 4 is 39.8 Å². The van der Waals surface area contributed by atoms with Crippen LogP contribution in [0.3, 0.4) is 0 Å². The van der Waals surface area contributed by atoms with E-state index in [4.69, 9.17) is 11.6 Å². The molecule has 1 aliphatic rings. The van der Waals surface area contributed by atoms with Crippen molar-refractivity contribution in [2.24, 2.45) is 5.92 Å². The van der Waals surface area contributed by atoms with E-state index in [2.05, 4.69) is 10.3 Å². The monoisotopic (exact) mass is 403 g/mol. The van der Waals surface area contributed by atoms with Crippen molar-refractivity contribution in [1.82, 2.24) is 4.98 Å². The average Bonchev–Trinajstić information content (AvgIpc) is 3.23. The molecule has 0 unspecified atom stereocenters. The van der Waals surface area contributed by atoms with Crippen molar-refractivity contribution in [2.75, 3.05) is 16.8 Å². The van der Waals surface area contributed by atoms with Gasteiger partial charge < -0.3 is 0 Å². The highest BCUT2D eigenvalue weighted by molar-refractivity contribution is 7.19. The van der Waals surface area contributed by atoms with Gasteiger partial charge in [0.2, 0.25) is 0 Å². The fourth-order valence-corrected chi connectivity index (χ4v) is 3.86. The molecule has 0 spiro atoms. The van der Waals surface area contributed by atoms with E-state index in [0.29, 0.717) is 27.6 Å². The molecule has 0 bridgehead atoms. The molecule has 0 saturated heterocycles. The van der Waals surface area contributed by atoms with Gasteiger partial charge in [-0.2, -0.15) is 13.2 Å². The number of amides is 2. The normalized spacial score (nSPS) is 15.2. The first-order chi connectivity index (χ1) is 12.3. The summed E-state index contributed by atoms with van der Waals surface area (Å²) in [6.07, 6.45) is 1.25. The van der Waals surface area contributed by atoms with Gasteiger partial charge in [-0.1, -0.05) is 35.8 Å². The Hall–Kier alpha value is -1.80. The highest BCUT2D eigenvalue weighted by Crippen LogP contribution is 2.32. The molecular weight excluding hydrogens is 387 g/mol. The fourth-order valence-electron chi connectivity index (χ4n) is 3.06. The molecular formula is C17H17ClF3N3OS. The van der Waals surface area contributed by atoms with Crippen molar-refractivity contribution < 1.29 is 18.0 Å². The molecule has 1 heterocycles. The highest BCUT2D eigenvalue weighted by Gasteiger charge is 2.31. The number of nitrogens with one attached hydrogen (secondary N) is 1. The summed E-state index contributed by atoms with van der Waals surface area (Å²) in [5.74, 6) is 0.336. The molecule has 0 aliphatic heterocycles. The molecule has 1 saturated carbocycles. The van der Waals surface area contributed by atoms with Crippen molar-refractivity contribution in [1.29, 1.82) is 0 Å². The molecule has 26 heavy (non-hydrogen) atoms. The first-order valence-electron chi connectivity index (χ1n) is 8.20. The van der Waals surface area contributed by atoms with Gasteiger partial charge in [0.1, 0.15) is 4.34 Å². The van der Waals surface area contributed by atoms with Gasteiger partial charge in [-0.3, -0.25) is 10.2 Å². The minimum atomic E-state index is -4.41. The van der Waals surface area contributed by atoms with Crippen LogP contribution in [0.25, 0.3) is 0 Å². The van der Waals surface area contributed by atoms with Gasteiger partial charge in [-0.05, 0) is 43.0 Å². The van der Waals surface area contributed by atoms with Gasteiger partial charge in [0.25, 0.3) is 0 Å². The second-order valence-electron chi connectivity index (χ2n) is 6.21. The third kappa shape index (κ3) is 4.67. The molecule has 0 radical (unpaired) electrons. The number of urea groups is 1. The molecule has 2 amide bonds. The zero-order valence-electron chi connectivity index (χ0n) is 13.7. The third-order valence-electron chi connectivity index (χ3n) is 4.36. The number of thiazole rings is 1. The fraction of sp³-hybridized carbons (Fsp3) is 0.412. The second-order valence-corrected chi connectivity index (χ2v) is 7.87. The van der Waals surface area contributed by atoms with Crippen LogP contribution in [0.2, 0.25) is 4.34 Å². The van der Waals surface area contributed by atoms with Gasteiger partial charge >= 0.3 is 12.2 Å². The lowest BCUT2D eigenvalue weighted by Crippen LogP contribution is -2.38. The van der Waals surface area contributed by atoms with E-state index in [-0.39, 0.29) is 0 Å². The summed E-state index contributed by atoms with van der Waals surface area (Å²) in [5, 5.41) is 3.02. The highest BCUT2D eigenvalue weighted by atomic mass is 35.5. The number of carbonyl (C=O) groups is 1. The number of carbonyl (C=O) groups excluding carboxylic acids is 1. The molecule has 0 atom stereocenters. The number of hydrogen-bond donors (Lipinski definition) is 1. The lowest BCUT2D eigenvalue weighted by molar-refractivity contribution is -0.137. The summed E-state index contributed by atoms with van der Waals surface area (Å²) >= 11 is 6.95. The van der Waals surface area contributed by atoms with Gasteiger partial charge in [-0.15, -0.1) is 0 Å². The Bertz CT molecular complexity index is 757. The number of benzene rings is 1. The van der Waals surface area contributed by atoms with Crippen LogP contribution in [0.4, 0.5) is 28.8 Å². The zero-order valence-corrected chi connectivity index (χ0v) is 15.3. The SMILES string of the molecule is O=C(Nc1ncc(Cl)s1)N(CC1CCCC1)c1ccc(C(F)(F)F)cc1. The van der Waals surface area contributed by atoms with E-state index in [9.17, 15) is 18.0 Å². The predicted octanol–water partition coefficient (Wildman–Crippen LogP) is 6.04. The topological polar surface area (TPSA) is 45.2 Å². The van der Waals surface area contributed by atoms with E-state index >= 15 is 0 Å². The Morgan fingerprint density at radius 1 is 1.27 bits per heavy atom. The van der Waals surface area contributed by atoms with E-state index in [1.165, 1.54) is 23.2 Å². The summed E-state index contributed by atoms with van der Waals surface area (Å²) in [6, 6.07) is 4.20. The van der Waals surface area contributed by atoms with Crippen molar-refractivity contribution in [3.63, 3.8) is 0 Å². The Morgan fingerprint density at radius 2 is 1.92 bits per heavy atom. The molecule has 1 aromatic carbocycles. The van der Waals surface area contributed by atoms with E-state index in [0.717, 1.165) is 49.2 Å². The Morgan fingerprint density at radius 3 is 2.46 bits per heavy atom. The minimum Gasteiger partial charge on any atom is -0.294 e. The van der Waals surface area contributed by atoms with Crippen LogP contribution < -0.4 is 10.2 Å². The molecule has 140 valence electrons. The second kappa shape index (κ2) is 7.84. The first kappa shape index (κ1) is 19.0. The number of halogens is 4. The average molecular weight is 404 g/mol. The van der Waals surface area contributed by atoms with Gasteiger partial charge in [-0.25, -0.2) is 9.78 Å². The molecule has 3 rings (SSSR count). The van der Waals surface area contributed by atoms with E-state index in [1.807, 2.05) is 0 Å². The number of hydrogen-bond acceptors (Lipinski definition) is 3. The summed E-state index contributed by atoms with van der Waals surface area (Å²) in [6.45, 7) is 0.455. The number of anilines is 2. The maximum Gasteiger partial charge on any atom is 0.416 e. The predicted molar refractivity (Wildman–Crippen MR) is 96.9 cm³/mol. The zero-order chi connectivity index (χ0) is 18.7. The van der Waals surface area contributed by atoms with Crippen LogP contribution in [-0.4, -0.2) is 17.6 Å². The van der Waals surface area contributed by atoms with Crippen molar-refractivity contribution in [2.45, 2.75) is 31.9 Å². The van der Waals surface area contributed by atoms with Crippen molar-refractivity contribution in [3.05, 3.63) is 40.4 Å². The molecule has 4 nitrogen and oxygen atoms in total. The quantitative estimate of drug-likeness (QED) is 0.676. The van der Waals surface area contributed by atoms with Gasteiger partial charge in [0, 0.05) is 12.2 Å². The van der Waals surface area contributed by atoms with Gasteiger partial charge in [0.05, 0.1) is 11.8 Å². The molecule has 1 aliphatic carbocycles. The molecule has 2 aromatic rings. The lowest BCUT2D eigenvalue weighted by Gasteiger charge is -2.26. The van der Waals surface area contributed by atoms with Crippen LogP contribution in [-0.2, 0) is 6.18 Å². The summed E-state index contributed by atoms with van der Waals surface area (Å²) in [5.41, 5.74) is -0.320. The molecule has 1 aromatic heterocycles. The van der Waals surface area contributed by atoms with Crippen LogP contribution in [0.5, 0.6) is 0 Å². The smallest absolute Gasteiger partial charge is 0.294 e. The van der Waals surface area contributed by atoms with Crippen LogP contribution >= 0.6 is 22.9 Å². The Labute approximate surface area is 158 Å². The van der Waals surface area contributed by atoms with E-state index < -0.39 is 17.8 Å². The largest absolute Gasteiger partial charge is 0.416 e. The number of alkyl halides is 3. The van der Waals surface area contributed by atoms with Crippen LogP contribution in [0.1, 0.15) is 31.2 Å². The summed E-state index contributed by atoms with van der Waals surface area (Å²) < 4.78 is 38.8. The molecule has 9 heteroatoms. The standard InChI is InChI=1S/C17H17ClF3N3OS/c18-14-9-22-15(26-14)23-16(25)24(10-11-3-1-2-4-11)13-7-5-12(6-8-13)17(19,20)21/h5-9,11H,1-4,10H2,(H,22,23,25). The maximum absolute atomic E-state index is 12.8. The van der Waals surface area contributed by atoms with Crippen LogP contribution in [0, 0.1) is 5.92 Å². The number of nitrogens with zero attached hydrogens (tertiary/aromatic N) is 2. The summed E-state index contributed by atoms with van der Waals surface area (Å²) in [4.78, 5) is 18.2. The van der Waals surface area contributed by atoms with Crippen molar-refractivity contribution in [3.8, 4) is 0 Å². The number of aromatic nitrogens is 1. The Kier molecular flexibility index (Phi) is 5.72. The third-order valence-corrected chi connectivity index (χ3v) is 5.39. The Balaban J connectivity index is 1.81. The molecule has 1 N–H and O–H groups in total. The first-order valence-corrected chi connectivity index (χ1v) is 9.39. The minimum absolute atomic E-state index is 0.336. The lowest BCUT2D eigenvalue weighted by atomic mass is 10.1. The van der Waals surface area contributed by atoms with E-state index in [1.54, 1.807) is 0 Å². The van der Waals surface area contributed by atoms with Crippen LogP contribution in [0.15, 0.2) is 30.5 Å². The molecule has 1 fully saturated rings. The maximum atomic E-state index is 12.8. The number of rotatable bonds is 4. The van der Waals surface area contributed by atoms with Gasteiger partial charge in [0.15, 0.2) is 5.13 Å².